The van der Waals surface area contributed by atoms with Crippen LogP contribution in [0.15, 0.2) is 18.2 Å². The Balaban J connectivity index is 2.79. The minimum atomic E-state index is -1.09. The Morgan fingerprint density at radius 3 is 1.97 bits per heavy atom. The van der Waals surface area contributed by atoms with E-state index in [2.05, 4.69) is 0 Å². The lowest BCUT2D eigenvalue weighted by Crippen LogP contribution is -2.36. The molecule has 12 nitrogen and oxygen atoms in total. The fourth-order valence-corrected chi connectivity index (χ4v) is 2.63. The van der Waals surface area contributed by atoms with Crippen LogP contribution in [0.1, 0.15) is 59.9 Å². The van der Waals surface area contributed by atoms with Gasteiger partial charge >= 0.3 is 24.4 Å². The summed E-state index contributed by atoms with van der Waals surface area (Å²) in [7, 11) is 0. The molecule has 2 atom stereocenters. The van der Waals surface area contributed by atoms with Crippen LogP contribution in [0.3, 0.4) is 0 Å². The van der Waals surface area contributed by atoms with E-state index >= 15 is 0 Å². The summed E-state index contributed by atoms with van der Waals surface area (Å²) < 4.78 is 35.2. The monoisotopic (exact) mass is 527 g/mol. The Morgan fingerprint density at radius 1 is 0.811 bits per heavy atom. The van der Waals surface area contributed by atoms with Gasteiger partial charge in [0.2, 0.25) is 0 Å². The maximum absolute atomic E-state index is 12.3. The van der Waals surface area contributed by atoms with E-state index in [0.29, 0.717) is 12.0 Å². The quantitative estimate of drug-likeness (QED) is 0.168. The van der Waals surface area contributed by atoms with Crippen molar-refractivity contribution < 1.29 is 52.3 Å². The highest BCUT2D eigenvalue weighted by molar-refractivity contribution is 5.76. The number of hydrogen-bond acceptors (Lipinski definition) is 12. The number of nitrogens with two attached hydrogens (primary N) is 1. The van der Waals surface area contributed by atoms with Crippen LogP contribution in [0.2, 0.25) is 0 Å². The van der Waals surface area contributed by atoms with E-state index in [1.54, 1.807) is 34.6 Å². The van der Waals surface area contributed by atoms with E-state index in [0.717, 1.165) is 6.42 Å². The molecule has 1 aromatic rings. The SMILES string of the molecule is CCCCOC(=O)O[C@@H](C)COC(=O)[C@@H](N)Cc1ccc(OC(=O)OC(C)C)c(OC(=O)OC(C)C)c1. The first kappa shape index (κ1) is 31.5. The van der Waals surface area contributed by atoms with Gasteiger partial charge in [0.05, 0.1) is 18.8 Å². The van der Waals surface area contributed by atoms with Crippen molar-refractivity contribution in [3.63, 3.8) is 0 Å². The van der Waals surface area contributed by atoms with Crippen LogP contribution in [0, 0.1) is 0 Å². The molecule has 1 aromatic carbocycles. The summed E-state index contributed by atoms with van der Waals surface area (Å²) in [5.74, 6) is -0.964. The lowest BCUT2D eigenvalue weighted by molar-refractivity contribution is -0.148. The molecule has 0 saturated heterocycles. The first-order valence-corrected chi connectivity index (χ1v) is 12.1. The molecule has 37 heavy (non-hydrogen) atoms. The summed E-state index contributed by atoms with van der Waals surface area (Å²) in [6.07, 6.45) is -2.87. The Hall–Kier alpha value is -3.54. The molecule has 0 saturated carbocycles. The van der Waals surface area contributed by atoms with Gasteiger partial charge in [0.25, 0.3) is 0 Å². The molecule has 0 aliphatic rings. The minimum absolute atomic E-state index is 0.000556. The van der Waals surface area contributed by atoms with Crippen molar-refractivity contribution >= 4 is 24.4 Å². The van der Waals surface area contributed by atoms with Crippen molar-refractivity contribution in [2.75, 3.05) is 13.2 Å². The standard InChI is InChI=1S/C25H37NO11/c1-7-8-11-31-23(28)35-17(6)14-32-22(27)19(26)12-18-9-10-20(36-24(29)33-15(2)3)21(13-18)37-25(30)34-16(4)5/h9-10,13,15-17,19H,7-8,11-12,14,26H2,1-6H3/t17-,19-/m0/s1. The van der Waals surface area contributed by atoms with Crippen LogP contribution in [-0.2, 0) is 34.9 Å². The van der Waals surface area contributed by atoms with Gasteiger partial charge in [-0.2, -0.15) is 0 Å². The topological polar surface area (TPSA) is 159 Å². The van der Waals surface area contributed by atoms with E-state index in [-0.39, 0.29) is 31.1 Å². The average Bonchev–Trinajstić information content (AvgIpc) is 2.78. The predicted molar refractivity (Wildman–Crippen MR) is 130 cm³/mol. The number of esters is 1. The predicted octanol–water partition coefficient (Wildman–Crippen LogP) is 4.29. The molecule has 0 heterocycles. The zero-order chi connectivity index (χ0) is 28.0. The van der Waals surface area contributed by atoms with Gasteiger partial charge in [-0.3, -0.25) is 4.79 Å². The van der Waals surface area contributed by atoms with Gasteiger partial charge in [0, 0.05) is 0 Å². The Bertz CT molecular complexity index is 901. The molecule has 0 radical (unpaired) electrons. The molecule has 0 amide bonds. The maximum atomic E-state index is 12.3. The smallest absolute Gasteiger partial charge is 0.461 e. The summed E-state index contributed by atoms with van der Waals surface area (Å²) in [5, 5.41) is 0. The Kier molecular flexibility index (Phi) is 13.8. The van der Waals surface area contributed by atoms with Crippen LogP contribution in [0.5, 0.6) is 11.5 Å². The number of carbonyl (C=O) groups excluding carboxylic acids is 4. The number of ether oxygens (including phenoxy) is 7. The van der Waals surface area contributed by atoms with Crippen molar-refractivity contribution in [1.82, 2.24) is 0 Å². The second-order valence-corrected chi connectivity index (χ2v) is 8.64. The maximum Gasteiger partial charge on any atom is 0.514 e. The highest BCUT2D eigenvalue weighted by atomic mass is 16.8. The third-order valence-electron chi connectivity index (χ3n) is 4.29. The van der Waals surface area contributed by atoms with E-state index in [4.69, 9.17) is 38.9 Å². The van der Waals surface area contributed by atoms with Crippen molar-refractivity contribution in [2.24, 2.45) is 5.73 Å². The van der Waals surface area contributed by atoms with Gasteiger partial charge in [-0.05, 0) is 65.2 Å². The molecule has 0 aromatic heterocycles. The van der Waals surface area contributed by atoms with Crippen LogP contribution in [0.25, 0.3) is 0 Å². The zero-order valence-corrected chi connectivity index (χ0v) is 22.1. The molecule has 12 heteroatoms. The van der Waals surface area contributed by atoms with Gasteiger partial charge in [-0.1, -0.05) is 19.4 Å². The second kappa shape index (κ2) is 16.3. The zero-order valence-electron chi connectivity index (χ0n) is 22.1. The first-order chi connectivity index (χ1) is 17.4. The lowest BCUT2D eigenvalue weighted by Gasteiger charge is -2.17. The minimum Gasteiger partial charge on any atom is -0.461 e. The summed E-state index contributed by atoms with van der Waals surface area (Å²) in [6, 6.07) is 3.19. The molecule has 0 unspecified atom stereocenters. The fraction of sp³-hybridized carbons (Fsp3) is 0.600. The Labute approximate surface area is 216 Å². The lowest BCUT2D eigenvalue weighted by atomic mass is 10.1. The molecule has 0 aliphatic carbocycles. The molecule has 1 rings (SSSR count). The molecule has 0 fully saturated rings. The highest BCUT2D eigenvalue weighted by Gasteiger charge is 2.22. The van der Waals surface area contributed by atoms with Gasteiger partial charge in [0.15, 0.2) is 11.5 Å². The molecule has 2 N–H and O–H groups in total. The molecular weight excluding hydrogens is 490 g/mol. The van der Waals surface area contributed by atoms with Crippen molar-refractivity contribution in [2.45, 2.75) is 85.2 Å². The number of unbranched alkanes of at least 4 members (excludes halogenated alkanes) is 1. The van der Waals surface area contributed by atoms with E-state index in [1.807, 2.05) is 6.92 Å². The summed E-state index contributed by atoms with van der Waals surface area (Å²) >= 11 is 0. The third kappa shape index (κ3) is 13.4. The highest BCUT2D eigenvalue weighted by Crippen LogP contribution is 2.30. The summed E-state index contributed by atoms with van der Waals surface area (Å²) in [4.78, 5) is 47.8. The van der Waals surface area contributed by atoms with Crippen molar-refractivity contribution in [3.05, 3.63) is 23.8 Å². The van der Waals surface area contributed by atoms with Gasteiger partial charge < -0.3 is 38.9 Å². The number of rotatable bonds is 13. The second-order valence-electron chi connectivity index (χ2n) is 8.64. The van der Waals surface area contributed by atoms with E-state index in [9.17, 15) is 19.2 Å². The first-order valence-electron chi connectivity index (χ1n) is 12.1. The van der Waals surface area contributed by atoms with Gasteiger partial charge in [-0.15, -0.1) is 0 Å². The van der Waals surface area contributed by atoms with Crippen molar-refractivity contribution in [3.8, 4) is 11.5 Å². The number of benzene rings is 1. The fourth-order valence-electron chi connectivity index (χ4n) is 2.63. The van der Waals surface area contributed by atoms with E-state index in [1.165, 1.54) is 18.2 Å². The molecule has 0 aliphatic heterocycles. The number of carbonyl (C=O) groups is 4. The summed E-state index contributed by atoms with van der Waals surface area (Å²) in [5.41, 5.74) is 6.44. The third-order valence-corrected chi connectivity index (χ3v) is 4.29. The van der Waals surface area contributed by atoms with Crippen LogP contribution in [-0.4, -0.2) is 62.0 Å². The molecule has 0 bridgehead atoms. The van der Waals surface area contributed by atoms with Crippen LogP contribution < -0.4 is 15.2 Å². The van der Waals surface area contributed by atoms with Crippen LogP contribution >= 0.6 is 0 Å². The largest absolute Gasteiger partial charge is 0.514 e. The van der Waals surface area contributed by atoms with Gasteiger partial charge in [0.1, 0.15) is 18.8 Å². The van der Waals surface area contributed by atoms with Crippen LogP contribution in [0.4, 0.5) is 14.4 Å². The average molecular weight is 528 g/mol. The van der Waals surface area contributed by atoms with E-state index < -0.39 is 48.8 Å². The molecular formula is C25H37NO11. The molecule has 0 spiro atoms. The van der Waals surface area contributed by atoms with Crippen molar-refractivity contribution in [1.29, 1.82) is 0 Å². The Morgan fingerprint density at radius 2 is 1.41 bits per heavy atom. The van der Waals surface area contributed by atoms with Gasteiger partial charge in [-0.25, -0.2) is 14.4 Å². The summed E-state index contributed by atoms with van der Waals surface area (Å²) in [6.45, 7) is 10.1. The molecule has 208 valence electrons. The number of hydrogen-bond donors (Lipinski definition) is 1. The normalized spacial score (nSPS) is 12.4.